The first kappa shape index (κ1) is 27.1. The molecule has 0 N–H and O–H groups in total. The van der Waals surface area contributed by atoms with Crippen LogP contribution in [-0.4, -0.2) is 0 Å². The van der Waals surface area contributed by atoms with Crippen LogP contribution in [0.5, 0.6) is 0 Å². The molecular weight excluding hydrogens is 553 g/mol. The van der Waals surface area contributed by atoms with E-state index in [9.17, 15) is 0 Å². The number of rotatable bonds is 2. The number of hydrogen-bond donors (Lipinski definition) is 0. The normalized spacial score (nSPS) is 12.5. The van der Waals surface area contributed by atoms with Gasteiger partial charge in [0.25, 0.3) is 0 Å². The highest BCUT2D eigenvalue weighted by atomic mass is 14.2. The summed E-state index contributed by atoms with van der Waals surface area (Å²) >= 11 is 0. The molecule has 220 valence electrons. The van der Waals surface area contributed by atoms with Crippen LogP contribution in [-0.2, 0) is 0 Å². The Kier molecular flexibility index (Phi) is 5.69. The van der Waals surface area contributed by atoms with Gasteiger partial charge in [-0.25, -0.2) is 0 Å². The van der Waals surface area contributed by atoms with Crippen LogP contribution in [0.1, 0.15) is 44.5 Å². The monoisotopic (exact) mass is 588 g/mol. The maximum atomic E-state index is 2.46. The third-order valence-corrected chi connectivity index (χ3v) is 10.4. The van der Waals surface area contributed by atoms with Gasteiger partial charge in [-0.1, -0.05) is 71.8 Å². The standard InChI is InChI=1S/C46H36/c1-25-13-27(3)44(28(4)14-25)40-12-11-39-42-23-35-18-32-20-36-17-31-9-7-8-10-38(31)41(36)22-34(32)19-33(35)21-37(42)24-43(39)46(40)45-29(5)15-26(2)16-30(45)6/h7-24H,1-6H3. The maximum Gasteiger partial charge on any atom is -0.00208 e. The van der Waals surface area contributed by atoms with E-state index in [-0.39, 0.29) is 0 Å². The average molecular weight is 589 g/mol. The van der Waals surface area contributed by atoms with Gasteiger partial charge in [-0.3, -0.25) is 0 Å². The number of benzene rings is 7. The summed E-state index contributed by atoms with van der Waals surface area (Å²) in [4.78, 5) is 0. The van der Waals surface area contributed by atoms with Gasteiger partial charge < -0.3 is 0 Å². The molecule has 0 saturated carbocycles. The third kappa shape index (κ3) is 3.93. The van der Waals surface area contributed by atoms with E-state index in [0.717, 1.165) is 0 Å². The molecule has 0 radical (unpaired) electrons. The van der Waals surface area contributed by atoms with Gasteiger partial charge >= 0.3 is 0 Å². The van der Waals surface area contributed by atoms with Crippen molar-refractivity contribution in [1.82, 2.24) is 0 Å². The second kappa shape index (κ2) is 9.65. The van der Waals surface area contributed by atoms with Crippen molar-refractivity contribution in [2.45, 2.75) is 41.5 Å². The van der Waals surface area contributed by atoms with E-state index >= 15 is 0 Å². The Hall–Kier alpha value is -5.20. The molecule has 2 aliphatic carbocycles. The van der Waals surface area contributed by atoms with Crippen LogP contribution in [0.15, 0.2) is 97.1 Å². The first-order valence-electron chi connectivity index (χ1n) is 16.4. The van der Waals surface area contributed by atoms with Crippen molar-refractivity contribution in [2.24, 2.45) is 0 Å². The van der Waals surface area contributed by atoms with Crippen molar-refractivity contribution in [1.29, 1.82) is 0 Å². The minimum Gasteiger partial charge on any atom is -0.0616 e. The summed E-state index contributed by atoms with van der Waals surface area (Å²) in [6.45, 7) is 13.5. The second-order valence-electron chi connectivity index (χ2n) is 13.8. The third-order valence-electron chi connectivity index (χ3n) is 10.4. The molecule has 46 heavy (non-hydrogen) atoms. The van der Waals surface area contributed by atoms with Crippen LogP contribution < -0.4 is 10.4 Å². The van der Waals surface area contributed by atoms with Gasteiger partial charge in [0.15, 0.2) is 0 Å². The molecule has 0 aromatic heterocycles. The zero-order valence-electron chi connectivity index (χ0n) is 27.4. The van der Waals surface area contributed by atoms with Crippen molar-refractivity contribution >= 4 is 33.7 Å². The molecule has 0 nitrogen and oxygen atoms in total. The molecule has 2 aliphatic rings. The molecule has 0 heterocycles. The van der Waals surface area contributed by atoms with E-state index < -0.39 is 0 Å². The summed E-state index contributed by atoms with van der Waals surface area (Å²) in [6.07, 6.45) is 4.78. The lowest BCUT2D eigenvalue weighted by atomic mass is 9.84. The fraction of sp³-hybridized carbons (Fsp3) is 0.130. The van der Waals surface area contributed by atoms with Crippen LogP contribution in [0.3, 0.4) is 0 Å². The Morgan fingerprint density at radius 3 is 1.52 bits per heavy atom. The summed E-state index contributed by atoms with van der Waals surface area (Å²) in [7, 11) is 0. The van der Waals surface area contributed by atoms with E-state index in [1.165, 1.54) is 120 Å². The van der Waals surface area contributed by atoms with Gasteiger partial charge in [-0.2, -0.15) is 0 Å². The molecule has 0 fully saturated rings. The van der Waals surface area contributed by atoms with Crippen molar-refractivity contribution in [3.05, 3.63) is 173 Å². The molecule has 0 amide bonds. The molecule has 0 heteroatoms. The van der Waals surface area contributed by atoms with Crippen LogP contribution >= 0.6 is 0 Å². The SMILES string of the molecule is Cc1cc(C)c(-c2ccc3c(c2-c2c(C)cc(C)cc2C)=Cc2cc4cc5cc6c(cc5cc4cc2=3)C=c2ccccc2=6)c(C)c1. The predicted octanol–water partition coefficient (Wildman–Crippen LogP) is 10.0. The quantitative estimate of drug-likeness (QED) is 0.176. The van der Waals surface area contributed by atoms with Crippen LogP contribution in [0.4, 0.5) is 0 Å². The van der Waals surface area contributed by atoms with Crippen LogP contribution in [0.25, 0.3) is 56.0 Å². The van der Waals surface area contributed by atoms with E-state index in [2.05, 4.69) is 151 Å². The minimum atomic E-state index is 1.29. The van der Waals surface area contributed by atoms with E-state index in [0.29, 0.717) is 0 Å². The van der Waals surface area contributed by atoms with Crippen LogP contribution in [0, 0.1) is 62.4 Å². The largest absolute Gasteiger partial charge is 0.0616 e. The lowest BCUT2D eigenvalue weighted by Gasteiger charge is -2.20. The molecule has 0 saturated heterocycles. The zero-order valence-corrected chi connectivity index (χ0v) is 27.4. The fourth-order valence-corrected chi connectivity index (χ4v) is 8.69. The Bertz CT molecular complexity index is 2800. The van der Waals surface area contributed by atoms with E-state index in [1.54, 1.807) is 0 Å². The minimum absolute atomic E-state index is 1.29. The van der Waals surface area contributed by atoms with Crippen molar-refractivity contribution in [3.63, 3.8) is 0 Å². The van der Waals surface area contributed by atoms with Crippen LogP contribution in [0.2, 0.25) is 0 Å². The smallest absolute Gasteiger partial charge is 0.00208 e. The average Bonchev–Trinajstić information content (AvgIpc) is 3.54. The highest BCUT2D eigenvalue weighted by Gasteiger charge is 2.20. The number of aryl methyl sites for hydroxylation is 6. The summed E-state index contributed by atoms with van der Waals surface area (Å²) in [6, 6.07) is 37.2. The summed E-state index contributed by atoms with van der Waals surface area (Å²) in [5, 5.41) is 13.2. The topological polar surface area (TPSA) is 0 Å². The number of fused-ring (bicyclic) bond motifs is 6. The van der Waals surface area contributed by atoms with Gasteiger partial charge in [-0.15, -0.1) is 0 Å². The lowest BCUT2D eigenvalue weighted by Crippen LogP contribution is -2.11. The van der Waals surface area contributed by atoms with Crippen molar-refractivity contribution < 1.29 is 0 Å². The first-order chi connectivity index (χ1) is 22.2. The van der Waals surface area contributed by atoms with Gasteiger partial charge in [0.2, 0.25) is 0 Å². The van der Waals surface area contributed by atoms with Crippen molar-refractivity contribution in [2.75, 3.05) is 0 Å². The van der Waals surface area contributed by atoms with Gasteiger partial charge in [0, 0.05) is 0 Å². The predicted molar refractivity (Wildman–Crippen MR) is 195 cm³/mol. The molecule has 7 aromatic carbocycles. The van der Waals surface area contributed by atoms with Gasteiger partial charge in [0.05, 0.1) is 0 Å². The van der Waals surface area contributed by atoms with E-state index in [1.807, 2.05) is 0 Å². The molecule has 9 rings (SSSR count). The molecule has 0 bridgehead atoms. The highest BCUT2D eigenvalue weighted by molar-refractivity contribution is 6.00. The molecule has 0 atom stereocenters. The van der Waals surface area contributed by atoms with Gasteiger partial charge in [0.1, 0.15) is 0 Å². The first-order valence-corrected chi connectivity index (χ1v) is 16.4. The molecule has 0 spiro atoms. The summed E-state index contributed by atoms with van der Waals surface area (Å²) < 4.78 is 0. The molecule has 7 aromatic rings. The lowest BCUT2D eigenvalue weighted by molar-refractivity contribution is 1.29. The maximum absolute atomic E-state index is 2.46. The Morgan fingerprint density at radius 2 is 0.891 bits per heavy atom. The summed E-state index contributed by atoms with van der Waals surface area (Å²) in [5.74, 6) is 0. The summed E-state index contributed by atoms with van der Waals surface area (Å²) in [5.41, 5.74) is 16.0. The Morgan fingerprint density at radius 1 is 0.370 bits per heavy atom. The Balaban J connectivity index is 1.36. The molecule has 0 aliphatic heterocycles. The molecular formula is C46H36. The Labute approximate surface area is 269 Å². The number of hydrogen-bond acceptors (Lipinski definition) is 0. The fourth-order valence-electron chi connectivity index (χ4n) is 8.69. The second-order valence-corrected chi connectivity index (χ2v) is 13.8. The highest BCUT2D eigenvalue weighted by Crippen LogP contribution is 2.39. The van der Waals surface area contributed by atoms with E-state index in [4.69, 9.17) is 0 Å². The molecule has 0 unspecified atom stereocenters. The van der Waals surface area contributed by atoms with Gasteiger partial charge in [-0.05, 0) is 199 Å². The zero-order chi connectivity index (χ0) is 31.4. The van der Waals surface area contributed by atoms with Crippen molar-refractivity contribution in [3.8, 4) is 22.3 Å².